The monoisotopic (exact) mass is 447 g/mol. The van der Waals surface area contributed by atoms with Crippen molar-refractivity contribution < 1.29 is 9.72 Å². The molecule has 2 aromatic carbocycles. The van der Waals surface area contributed by atoms with Crippen LogP contribution in [0.2, 0.25) is 0 Å². The zero-order chi connectivity index (χ0) is 23.5. The van der Waals surface area contributed by atoms with E-state index in [1.165, 1.54) is 11.1 Å². The summed E-state index contributed by atoms with van der Waals surface area (Å²) in [7, 11) is 0. The summed E-state index contributed by atoms with van der Waals surface area (Å²) in [4.78, 5) is 28.3. The van der Waals surface area contributed by atoms with Gasteiger partial charge in [0.15, 0.2) is 0 Å². The first-order valence-corrected chi connectivity index (χ1v) is 11.2. The molecule has 0 aliphatic carbocycles. The normalized spacial score (nSPS) is 14.5. The summed E-state index contributed by atoms with van der Waals surface area (Å²) in [6.45, 7) is 9.82. The van der Waals surface area contributed by atoms with Crippen molar-refractivity contribution in [1.82, 2.24) is 19.6 Å². The Labute approximate surface area is 193 Å². The van der Waals surface area contributed by atoms with E-state index in [9.17, 15) is 14.9 Å². The minimum absolute atomic E-state index is 0.0201. The molecule has 8 heteroatoms. The van der Waals surface area contributed by atoms with Crippen molar-refractivity contribution in [2.75, 3.05) is 26.2 Å². The maximum atomic E-state index is 13.1. The van der Waals surface area contributed by atoms with Crippen LogP contribution < -0.4 is 0 Å². The molecule has 0 N–H and O–H groups in total. The molecule has 1 fully saturated rings. The minimum Gasteiger partial charge on any atom is -0.336 e. The molecular weight excluding hydrogens is 418 g/mol. The van der Waals surface area contributed by atoms with Gasteiger partial charge in [0.2, 0.25) is 0 Å². The van der Waals surface area contributed by atoms with Gasteiger partial charge in [0.25, 0.3) is 5.91 Å². The van der Waals surface area contributed by atoms with Crippen molar-refractivity contribution in [3.05, 3.63) is 92.3 Å². The third kappa shape index (κ3) is 4.96. The third-order valence-electron chi connectivity index (χ3n) is 6.35. The molecule has 0 bridgehead atoms. The van der Waals surface area contributed by atoms with E-state index in [-0.39, 0.29) is 11.6 Å². The minimum atomic E-state index is -0.396. The van der Waals surface area contributed by atoms with Crippen LogP contribution in [0.15, 0.2) is 48.5 Å². The summed E-state index contributed by atoms with van der Waals surface area (Å²) < 4.78 is 1.63. The number of piperazine rings is 1. The van der Waals surface area contributed by atoms with Crippen LogP contribution in [0.5, 0.6) is 0 Å². The highest BCUT2D eigenvalue weighted by molar-refractivity contribution is 5.94. The highest BCUT2D eigenvalue weighted by Crippen LogP contribution is 2.23. The predicted octanol–water partition coefficient (Wildman–Crippen LogP) is 3.72. The molecule has 172 valence electrons. The van der Waals surface area contributed by atoms with Gasteiger partial charge >= 0.3 is 5.69 Å². The molecule has 1 saturated heterocycles. The van der Waals surface area contributed by atoms with Gasteiger partial charge in [-0.2, -0.15) is 5.10 Å². The van der Waals surface area contributed by atoms with Crippen LogP contribution in [0.3, 0.4) is 0 Å². The number of hydrogen-bond acceptors (Lipinski definition) is 5. The molecule has 33 heavy (non-hydrogen) atoms. The van der Waals surface area contributed by atoms with Crippen molar-refractivity contribution in [3.8, 4) is 0 Å². The fraction of sp³-hybridized carbons (Fsp3) is 0.360. The second-order valence-electron chi connectivity index (χ2n) is 8.63. The van der Waals surface area contributed by atoms with Crippen LogP contribution >= 0.6 is 0 Å². The second-order valence-corrected chi connectivity index (χ2v) is 8.63. The Morgan fingerprint density at radius 2 is 1.73 bits per heavy atom. The Kier molecular flexibility index (Phi) is 6.55. The fourth-order valence-electron chi connectivity index (χ4n) is 4.40. The third-order valence-corrected chi connectivity index (χ3v) is 6.35. The second kappa shape index (κ2) is 9.54. The van der Waals surface area contributed by atoms with Crippen LogP contribution in [-0.4, -0.2) is 56.6 Å². The maximum absolute atomic E-state index is 13.1. The van der Waals surface area contributed by atoms with Crippen molar-refractivity contribution in [2.45, 2.75) is 33.9 Å². The Bertz CT molecular complexity index is 1180. The molecule has 0 spiro atoms. The van der Waals surface area contributed by atoms with Crippen molar-refractivity contribution in [1.29, 1.82) is 0 Å². The summed E-state index contributed by atoms with van der Waals surface area (Å²) in [5.41, 5.74) is 5.10. The molecular formula is C25H29N5O3. The number of amides is 1. The largest absolute Gasteiger partial charge is 0.336 e. The van der Waals surface area contributed by atoms with E-state index >= 15 is 0 Å². The number of carbonyl (C=O) groups is 1. The highest BCUT2D eigenvalue weighted by atomic mass is 16.6. The Morgan fingerprint density at radius 3 is 2.39 bits per heavy atom. The van der Waals surface area contributed by atoms with Gasteiger partial charge in [0.1, 0.15) is 11.4 Å². The molecule has 0 radical (unpaired) electrons. The molecule has 1 aromatic heterocycles. The maximum Gasteiger partial charge on any atom is 0.312 e. The lowest BCUT2D eigenvalue weighted by atomic mass is 10.1. The summed E-state index contributed by atoms with van der Waals surface area (Å²) in [5.74, 6) is 0.0201. The van der Waals surface area contributed by atoms with Gasteiger partial charge < -0.3 is 4.90 Å². The molecule has 4 rings (SSSR count). The number of rotatable bonds is 6. The van der Waals surface area contributed by atoms with Crippen LogP contribution in [0, 0.1) is 30.9 Å². The number of nitrogens with zero attached hydrogens (tertiary/aromatic N) is 5. The molecule has 0 atom stereocenters. The smallest absolute Gasteiger partial charge is 0.312 e. The van der Waals surface area contributed by atoms with Gasteiger partial charge in [-0.25, -0.2) is 0 Å². The zero-order valence-corrected chi connectivity index (χ0v) is 19.3. The first kappa shape index (κ1) is 22.7. The first-order chi connectivity index (χ1) is 15.8. The standard InChI is InChI=1S/C25H29N5O3/c1-18-7-4-5-9-23(18)17-27-11-13-28(14-12-27)25(31)22-10-6-8-21(15-22)16-29-20(3)24(30(32)33)19(2)26-29/h4-10,15H,11-14,16-17H2,1-3H3. The zero-order valence-electron chi connectivity index (χ0n) is 19.3. The molecule has 1 aliphatic heterocycles. The molecule has 2 heterocycles. The predicted molar refractivity (Wildman–Crippen MR) is 126 cm³/mol. The number of benzene rings is 2. The molecule has 1 aliphatic rings. The van der Waals surface area contributed by atoms with E-state index in [1.807, 2.05) is 29.2 Å². The molecule has 1 amide bonds. The van der Waals surface area contributed by atoms with Crippen LogP contribution in [0.1, 0.15) is 38.4 Å². The van der Waals surface area contributed by atoms with Gasteiger partial charge in [0, 0.05) is 38.3 Å². The summed E-state index contributed by atoms with van der Waals surface area (Å²) >= 11 is 0. The molecule has 3 aromatic rings. The lowest BCUT2D eigenvalue weighted by Crippen LogP contribution is -2.48. The van der Waals surface area contributed by atoms with Gasteiger partial charge in [-0.1, -0.05) is 36.4 Å². The topological polar surface area (TPSA) is 84.5 Å². The van der Waals surface area contributed by atoms with Crippen molar-refractivity contribution >= 4 is 11.6 Å². The molecule has 0 saturated carbocycles. The average molecular weight is 448 g/mol. The number of nitro groups is 1. The van der Waals surface area contributed by atoms with Gasteiger partial charge in [-0.3, -0.25) is 24.5 Å². The van der Waals surface area contributed by atoms with E-state index in [0.29, 0.717) is 36.6 Å². The Hall–Kier alpha value is -3.52. The number of aromatic nitrogens is 2. The van der Waals surface area contributed by atoms with Gasteiger partial charge in [0.05, 0.1) is 11.5 Å². The Balaban J connectivity index is 1.40. The van der Waals surface area contributed by atoms with Crippen LogP contribution in [0.4, 0.5) is 5.69 Å². The fourth-order valence-corrected chi connectivity index (χ4v) is 4.40. The average Bonchev–Trinajstić information content (AvgIpc) is 3.08. The number of hydrogen-bond donors (Lipinski definition) is 0. The molecule has 8 nitrogen and oxygen atoms in total. The van der Waals surface area contributed by atoms with Crippen molar-refractivity contribution in [3.63, 3.8) is 0 Å². The number of carbonyl (C=O) groups excluding carboxylic acids is 1. The van der Waals surface area contributed by atoms with E-state index in [4.69, 9.17) is 0 Å². The first-order valence-electron chi connectivity index (χ1n) is 11.2. The van der Waals surface area contributed by atoms with E-state index in [2.05, 4.69) is 41.2 Å². The van der Waals surface area contributed by atoms with E-state index in [0.717, 1.165) is 25.2 Å². The summed E-state index contributed by atoms with van der Waals surface area (Å²) in [6.07, 6.45) is 0. The van der Waals surface area contributed by atoms with Crippen LogP contribution in [-0.2, 0) is 13.1 Å². The summed E-state index contributed by atoms with van der Waals surface area (Å²) in [6, 6.07) is 15.9. The van der Waals surface area contributed by atoms with E-state index in [1.54, 1.807) is 18.5 Å². The lowest BCUT2D eigenvalue weighted by Gasteiger charge is -2.35. The molecule has 0 unspecified atom stereocenters. The van der Waals surface area contributed by atoms with E-state index < -0.39 is 4.92 Å². The highest BCUT2D eigenvalue weighted by Gasteiger charge is 2.24. The van der Waals surface area contributed by atoms with Crippen LogP contribution in [0.25, 0.3) is 0 Å². The lowest BCUT2D eigenvalue weighted by molar-refractivity contribution is -0.386. The Morgan fingerprint density at radius 1 is 1.00 bits per heavy atom. The summed E-state index contributed by atoms with van der Waals surface area (Å²) in [5, 5.41) is 15.6. The van der Waals surface area contributed by atoms with Gasteiger partial charge in [-0.15, -0.1) is 0 Å². The number of aryl methyl sites for hydroxylation is 2. The quantitative estimate of drug-likeness (QED) is 0.425. The SMILES string of the molecule is Cc1ccccc1CN1CCN(C(=O)c2cccc(Cn3nc(C)c([N+](=O)[O-])c3C)c2)CC1. The van der Waals surface area contributed by atoms with Gasteiger partial charge in [-0.05, 0) is 49.6 Å². The van der Waals surface area contributed by atoms with Crippen molar-refractivity contribution in [2.24, 2.45) is 0 Å².